The quantitative estimate of drug-likeness (QED) is 0.514. The normalized spacial score (nSPS) is 15.6. The van der Waals surface area contributed by atoms with E-state index in [4.69, 9.17) is 16.3 Å². The first-order chi connectivity index (χ1) is 13.6. The van der Waals surface area contributed by atoms with Gasteiger partial charge in [0.05, 0.1) is 11.4 Å². The van der Waals surface area contributed by atoms with Gasteiger partial charge in [0.25, 0.3) is 11.1 Å². The Kier molecular flexibility index (Phi) is 5.37. The summed E-state index contributed by atoms with van der Waals surface area (Å²) < 4.78 is 5.86. The van der Waals surface area contributed by atoms with Crippen LogP contribution in [0.2, 0.25) is 5.02 Å². The van der Waals surface area contributed by atoms with Crippen LogP contribution in [0.3, 0.4) is 0 Å². The van der Waals surface area contributed by atoms with E-state index in [1.165, 1.54) is 4.90 Å². The third-order valence-corrected chi connectivity index (χ3v) is 5.52. The molecular formula is C22H16ClNO3S. The molecular weight excluding hydrogens is 394 g/mol. The van der Waals surface area contributed by atoms with Crippen LogP contribution in [0.4, 0.5) is 4.79 Å². The van der Waals surface area contributed by atoms with Crippen molar-refractivity contribution in [3.63, 3.8) is 0 Å². The summed E-state index contributed by atoms with van der Waals surface area (Å²) in [6.07, 6.45) is 1.70. The number of fused-ring (bicyclic) bond motifs is 1. The molecule has 0 aliphatic carbocycles. The number of benzene rings is 3. The van der Waals surface area contributed by atoms with Crippen LogP contribution < -0.4 is 4.74 Å². The summed E-state index contributed by atoms with van der Waals surface area (Å²) in [6, 6.07) is 20.8. The lowest BCUT2D eigenvalue weighted by Gasteiger charge is -2.14. The summed E-state index contributed by atoms with van der Waals surface area (Å²) in [6.45, 7) is 0.437. The second-order valence-electron chi connectivity index (χ2n) is 6.21. The monoisotopic (exact) mass is 409 g/mol. The minimum Gasteiger partial charge on any atom is -0.491 e. The molecule has 1 aliphatic heterocycles. The van der Waals surface area contributed by atoms with Crippen molar-refractivity contribution in [2.45, 2.75) is 0 Å². The highest BCUT2D eigenvalue weighted by molar-refractivity contribution is 8.18. The molecule has 0 N–H and O–H groups in total. The molecule has 140 valence electrons. The van der Waals surface area contributed by atoms with Gasteiger partial charge in [-0.3, -0.25) is 14.5 Å². The zero-order chi connectivity index (χ0) is 19.5. The van der Waals surface area contributed by atoms with Crippen LogP contribution >= 0.6 is 23.4 Å². The van der Waals surface area contributed by atoms with Crippen LogP contribution in [0.5, 0.6) is 5.75 Å². The van der Waals surface area contributed by atoms with Gasteiger partial charge in [0.2, 0.25) is 0 Å². The number of carbonyl (C=O) groups is 2. The summed E-state index contributed by atoms with van der Waals surface area (Å²) in [5.74, 6) is 0.438. The summed E-state index contributed by atoms with van der Waals surface area (Å²) in [4.78, 5) is 26.4. The van der Waals surface area contributed by atoms with Gasteiger partial charge in [-0.25, -0.2) is 0 Å². The maximum Gasteiger partial charge on any atom is 0.293 e. The lowest BCUT2D eigenvalue weighted by molar-refractivity contribution is -0.123. The van der Waals surface area contributed by atoms with Crippen molar-refractivity contribution < 1.29 is 14.3 Å². The number of imide groups is 1. The third kappa shape index (κ3) is 3.91. The first-order valence-corrected chi connectivity index (χ1v) is 9.93. The van der Waals surface area contributed by atoms with Crippen molar-refractivity contribution >= 4 is 51.4 Å². The number of hydrogen-bond donors (Lipinski definition) is 0. The summed E-state index contributed by atoms with van der Waals surface area (Å²) in [5.41, 5.74) is 0.821. The molecule has 0 unspecified atom stereocenters. The maximum absolute atomic E-state index is 12.6. The lowest BCUT2D eigenvalue weighted by atomic mass is 10.1. The van der Waals surface area contributed by atoms with E-state index in [0.717, 1.165) is 33.8 Å². The highest BCUT2D eigenvalue weighted by Crippen LogP contribution is 2.32. The van der Waals surface area contributed by atoms with Crippen molar-refractivity contribution in [3.8, 4) is 5.75 Å². The highest BCUT2D eigenvalue weighted by Gasteiger charge is 2.34. The van der Waals surface area contributed by atoms with Gasteiger partial charge in [0.15, 0.2) is 0 Å². The van der Waals surface area contributed by atoms with Crippen LogP contribution in [0, 0.1) is 0 Å². The molecule has 3 aromatic carbocycles. The molecule has 0 radical (unpaired) electrons. The fourth-order valence-corrected chi connectivity index (χ4v) is 3.96. The Morgan fingerprint density at radius 3 is 2.54 bits per heavy atom. The van der Waals surface area contributed by atoms with Gasteiger partial charge in [-0.15, -0.1) is 0 Å². The summed E-state index contributed by atoms with van der Waals surface area (Å²) in [5, 5.41) is 2.42. The second-order valence-corrected chi connectivity index (χ2v) is 7.64. The lowest BCUT2D eigenvalue weighted by Crippen LogP contribution is -2.32. The highest BCUT2D eigenvalue weighted by atomic mass is 35.5. The van der Waals surface area contributed by atoms with Crippen LogP contribution in [0.25, 0.3) is 16.8 Å². The molecule has 1 aliphatic rings. The van der Waals surface area contributed by atoms with Gasteiger partial charge in [-0.1, -0.05) is 60.1 Å². The van der Waals surface area contributed by atoms with Crippen molar-refractivity contribution in [2.75, 3.05) is 13.2 Å². The van der Waals surface area contributed by atoms with Crippen LogP contribution in [-0.4, -0.2) is 29.2 Å². The minimum absolute atomic E-state index is 0.200. The number of ether oxygens (including phenoxy) is 1. The SMILES string of the molecule is O=C1S/C(=C\c2ccc(Cl)cc2)C(=O)N1CCOc1cccc2ccccc12. The Morgan fingerprint density at radius 2 is 1.71 bits per heavy atom. The van der Waals surface area contributed by atoms with E-state index >= 15 is 0 Å². The van der Waals surface area contributed by atoms with E-state index in [-0.39, 0.29) is 24.3 Å². The first kappa shape index (κ1) is 18.6. The van der Waals surface area contributed by atoms with E-state index in [1.807, 2.05) is 42.5 Å². The van der Waals surface area contributed by atoms with Crippen LogP contribution in [0.1, 0.15) is 5.56 Å². The van der Waals surface area contributed by atoms with E-state index in [2.05, 4.69) is 0 Å². The van der Waals surface area contributed by atoms with Crippen molar-refractivity contribution in [3.05, 3.63) is 82.2 Å². The number of rotatable bonds is 5. The molecule has 0 saturated carbocycles. The molecule has 3 aromatic rings. The zero-order valence-corrected chi connectivity index (χ0v) is 16.4. The molecule has 1 heterocycles. The van der Waals surface area contributed by atoms with Crippen molar-refractivity contribution in [1.29, 1.82) is 0 Å². The number of amides is 2. The van der Waals surface area contributed by atoms with Gasteiger partial charge < -0.3 is 4.74 Å². The molecule has 6 heteroatoms. The maximum atomic E-state index is 12.6. The fraction of sp³-hybridized carbons (Fsp3) is 0.0909. The predicted octanol–water partition coefficient (Wildman–Crippen LogP) is 5.61. The third-order valence-electron chi connectivity index (χ3n) is 4.36. The fourth-order valence-electron chi connectivity index (χ4n) is 2.97. The molecule has 28 heavy (non-hydrogen) atoms. The van der Waals surface area contributed by atoms with Gasteiger partial charge in [0.1, 0.15) is 12.4 Å². The Bertz CT molecular complexity index is 1070. The van der Waals surface area contributed by atoms with Crippen LogP contribution in [-0.2, 0) is 4.79 Å². The second kappa shape index (κ2) is 8.09. The Labute approximate surface area is 171 Å². The molecule has 0 bridgehead atoms. The van der Waals surface area contributed by atoms with Gasteiger partial charge in [-0.2, -0.15) is 0 Å². The number of carbonyl (C=O) groups excluding carboxylic acids is 2. The molecule has 0 spiro atoms. The topological polar surface area (TPSA) is 46.6 Å². The van der Waals surface area contributed by atoms with Gasteiger partial charge in [0, 0.05) is 10.4 Å². The molecule has 1 fully saturated rings. The zero-order valence-electron chi connectivity index (χ0n) is 14.8. The smallest absolute Gasteiger partial charge is 0.293 e. The van der Waals surface area contributed by atoms with Gasteiger partial charge >= 0.3 is 0 Å². The number of thioether (sulfide) groups is 1. The van der Waals surface area contributed by atoms with E-state index in [9.17, 15) is 9.59 Å². The Hall–Kier alpha value is -2.76. The molecule has 1 saturated heterocycles. The number of hydrogen-bond acceptors (Lipinski definition) is 4. The van der Waals surface area contributed by atoms with Gasteiger partial charge in [-0.05, 0) is 47.0 Å². The molecule has 4 nitrogen and oxygen atoms in total. The number of nitrogens with zero attached hydrogens (tertiary/aromatic N) is 1. The molecule has 0 aromatic heterocycles. The largest absolute Gasteiger partial charge is 0.491 e. The van der Waals surface area contributed by atoms with Crippen molar-refractivity contribution in [1.82, 2.24) is 4.90 Å². The molecule has 0 atom stereocenters. The Balaban J connectivity index is 1.43. The average Bonchev–Trinajstić information content (AvgIpc) is 2.97. The molecule has 2 amide bonds. The van der Waals surface area contributed by atoms with E-state index in [1.54, 1.807) is 30.3 Å². The Morgan fingerprint density at radius 1 is 0.964 bits per heavy atom. The summed E-state index contributed by atoms with van der Waals surface area (Å²) in [7, 11) is 0. The first-order valence-electron chi connectivity index (χ1n) is 8.73. The van der Waals surface area contributed by atoms with E-state index < -0.39 is 0 Å². The summed E-state index contributed by atoms with van der Waals surface area (Å²) >= 11 is 6.82. The van der Waals surface area contributed by atoms with Crippen molar-refractivity contribution in [2.24, 2.45) is 0 Å². The van der Waals surface area contributed by atoms with Crippen LogP contribution in [0.15, 0.2) is 71.6 Å². The predicted molar refractivity (Wildman–Crippen MR) is 114 cm³/mol. The average molecular weight is 410 g/mol. The standard InChI is InChI=1S/C22H16ClNO3S/c23-17-10-8-15(9-11-17)14-20-21(25)24(22(26)28-20)12-13-27-19-7-3-5-16-4-1-2-6-18(16)19/h1-11,14H,12-13H2/b20-14-. The van der Waals surface area contributed by atoms with E-state index in [0.29, 0.717) is 9.93 Å². The molecule has 4 rings (SSSR count). The minimum atomic E-state index is -0.300. The number of halogens is 1.